The number of nitrogen functional groups attached to an aromatic ring is 1. The number of anilines is 2. The minimum Gasteiger partial charge on any atom is -0.482 e. The predicted octanol–water partition coefficient (Wildman–Crippen LogP) is 2.25. The van der Waals surface area contributed by atoms with Gasteiger partial charge in [0, 0.05) is 24.5 Å². The first-order chi connectivity index (χ1) is 11.1. The van der Waals surface area contributed by atoms with E-state index in [9.17, 15) is 4.79 Å². The Morgan fingerprint density at radius 3 is 2.91 bits per heavy atom. The van der Waals surface area contributed by atoms with Crippen molar-refractivity contribution in [2.24, 2.45) is 0 Å². The van der Waals surface area contributed by atoms with Gasteiger partial charge in [0.25, 0.3) is 5.91 Å². The highest BCUT2D eigenvalue weighted by Crippen LogP contribution is 2.36. The number of hydrogen-bond acceptors (Lipinski definition) is 4. The molecule has 0 saturated carbocycles. The summed E-state index contributed by atoms with van der Waals surface area (Å²) in [5, 5.41) is 0. The minimum absolute atomic E-state index is 0.0642. The van der Waals surface area contributed by atoms with Gasteiger partial charge < -0.3 is 19.8 Å². The van der Waals surface area contributed by atoms with Gasteiger partial charge in [0.05, 0.1) is 17.1 Å². The molecule has 116 valence electrons. The molecule has 0 fully saturated rings. The van der Waals surface area contributed by atoms with Crippen LogP contribution in [-0.4, -0.2) is 28.9 Å². The van der Waals surface area contributed by atoms with E-state index in [1.54, 1.807) is 11.9 Å². The van der Waals surface area contributed by atoms with E-state index in [1.165, 1.54) is 0 Å². The van der Waals surface area contributed by atoms with Crippen LogP contribution in [0.3, 0.4) is 0 Å². The molecule has 0 atom stereocenters. The molecule has 1 aromatic carbocycles. The van der Waals surface area contributed by atoms with E-state index < -0.39 is 0 Å². The van der Waals surface area contributed by atoms with E-state index in [-0.39, 0.29) is 12.5 Å². The van der Waals surface area contributed by atoms with Gasteiger partial charge in [0.15, 0.2) is 12.3 Å². The summed E-state index contributed by atoms with van der Waals surface area (Å²) in [4.78, 5) is 18.1. The first-order valence-corrected chi connectivity index (χ1v) is 7.33. The lowest BCUT2D eigenvalue weighted by Gasteiger charge is -2.26. The lowest BCUT2D eigenvalue weighted by atomic mass is 10.1. The second-order valence-corrected chi connectivity index (χ2v) is 5.63. The Morgan fingerprint density at radius 2 is 2.13 bits per heavy atom. The molecule has 3 aromatic rings. The number of nitrogens with two attached hydrogens (primary N) is 1. The maximum absolute atomic E-state index is 11.8. The molecular formula is C17H16N4O2. The van der Waals surface area contributed by atoms with Gasteiger partial charge in [-0.2, -0.15) is 0 Å². The molecule has 0 bridgehead atoms. The third-order valence-electron chi connectivity index (χ3n) is 4.24. The molecule has 3 heterocycles. The summed E-state index contributed by atoms with van der Waals surface area (Å²) in [5.41, 5.74) is 10.9. The number of nitrogens with zero attached hydrogens (tertiary/aromatic N) is 3. The molecule has 1 aliphatic heterocycles. The van der Waals surface area contributed by atoms with Crippen LogP contribution in [0, 0.1) is 6.92 Å². The second kappa shape index (κ2) is 4.74. The average Bonchev–Trinajstić information content (AvgIpc) is 2.90. The normalized spacial score (nSPS) is 14.0. The Morgan fingerprint density at radius 1 is 1.30 bits per heavy atom. The summed E-state index contributed by atoms with van der Waals surface area (Å²) in [6, 6.07) is 9.48. The summed E-state index contributed by atoms with van der Waals surface area (Å²) in [6.45, 7) is 2.08. The number of carbonyl (C=O) groups is 1. The molecule has 2 N–H and O–H groups in total. The predicted molar refractivity (Wildman–Crippen MR) is 88.7 cm³/mol. The first-order valence-electron chi connectivity index (χ1n) is 7.33. The van der Waals surface area contributed by atoms with Crippen molar-refractivity contribution in [2.45, 2.75) is 6.92 Å². The van der Waals surface area contributed by atoms with Crippen molar-refractivity contribution in [3.63, 3.8) is 0 Å². The van der Waals surface area contributed by atoms with Crippen LogP contribution < -0.4 is 15.4 Å². The molecule has 0 aliphatic carbocycles. The number of ether oxygens (including phenoxy) is 1. The number of likely N-dealkylation sites (N-methyl/N-ethyl adjacent to an activating group) is 1. The zero-order valence-electron chi connectivity index (χ0n) is 12.9. The van der Waals surface area contributed by atoms with E-state index >= 15 is 0 Å². The van der Waals surface area contributed by atoms with Gasteiger partial charge in [-0.15, -0.1) is 0 Å². The topological polar surface area (TPSA) is 72.9 Å². The molecule has 1 aliphatic rings. The second-order valence-electron chi connectivity index (χ2n) is 5.63. The summed E-state index contributed by atoms with van der Waals surface area (Å²) < 4.78 is 7.44. The molecule has 2 aromatic heterocycles. The van der Waals surface area contributed by atoms with E-state index in [1.807, 2.05) is 47.9 Å². The monoisotopic (exact) mass is 308 g/mol. The van der Waals surface area contributed by atoms with Crippen LogP contribution >= 0.6 is 0 Å². The molecule has 6 nitrogen and oxygen atoms in total. The number of aryl methyl sites for hydroxylation is 1. The van der Waals surface area contributed by atoms with Crippen molar-refractivity contribution in [3.05, 3.63) is 42.2 Å². The first kappa shape index (κ1) is 13.6. The third-order valence-corrected chi connectivity index (χ3v) is 4.24. The van der Waals surface area contributed by atoms with Gasteiger partial charge >= 0.3 is 0 Å². The van der Waals surface area contributed by atoms with E-state index in [2.05, 4.69) is 4.98 Å². The number of rotatable bonds is 1. The van der Waals surface area contributed by atoms with Crippen molar-refractivity contribution in [2.75, 3.05) is 24.3 Å². The number of carbonyl (C=O) groups excluding carboxylic acids is 1. The average molecular weight is 308 g/mol. The Bertz CT molecular complexity index is 945. The van der Waals surface area contributed by atoms with Gasteiger partial charge in [0.1, 0.15) is 5.75 Å². The molecule has 6 heteroatoms. The maximum atomic E-state index is 11.8. The van der Waals surface area contributed by atoms with Crippen LogP contribution in [0.25, 0.3) is 16.9 Å². The lowest BCUT2D eigenvalue weighted by molar-refractivity contribution is -0.120. The largest absolute Gasteiger partial charge is 0.482 e. The number of pyridine rings is 1. The molecule has 0 saturated heterocycles. The van der Waals surface area contributed by atoms with Crippen LogP contribution in [0.2, 0.25) is 0 Å². The number of amides is 1. The van der Waals surface area contributed by atoms with Gasteiger partial charge in [0.2, 0.25) is 0 Å². The zero-order valence-corrected chi connectivity index (χ0v) is 12.9. The fourth-order valence-electron chi connectivity index (χ4n) is 2.90. The van der Waals surface area contributed by atoms with Crippen LogP contribution in [0.4, 0.5) is 11.4 Å². The number of aromatic nitrogens is 2. The maximum Gasteiger partial charge on any atom is 0.264 e. The Kier molecular flexibility index (Phi) is 2.81. The smallest absolute Gasteiger partial charge is 0.264 e. The summed E-state index contributed by atoms with van der Waals surface area (Å²) in [5.74, 6) is 0.641. The van der Waals surface area contributed by atoms with Gasteiger partial charge in [-0.25, -0.2) is 4.98 Å². The Hall–Kier alpha value is -3.02. The number of benzene rings is 1. The molecule has 1 amide bonds. The minimum atomic E-state index is -0.0642. The number of fused-ring (bicyclic) bond motifs is 2. The Labute approximate surface area is 133 Å². The van der Waals surface area contributed by atoms with E-state index in [4.69, 9.17) is 10.5 Å². The van der Waals surface area contributed by atoms with E-state index in [0.717, 1.165) is 28.3 Å². The molecule has 0 spiro atoms. The van der Waals surface area contributed by atoms with Crippen LogP contribution in [0.5, 0.6) is 5.75 Å². The van der Waals surface area contributed by atoms with Crippen molar-refractivity contribution < 1.29 is 9.53 Å². The SMILES string of the molecule is Cc1c(-c2ccc3c(c2)N(C)C(=O)CO3)nc2c(N)cccn12. The van der Waals surface area contributed by atoms with Crippen LogP contribution in [-0.2, 0) is 4.79 Å². The van der Waals surface area contributed by atoms with Crippen LogP contribution in [0.1, 0.15) is 5.69 Å². The van der Waals surface area contributed by atoms with Gasteiger partial charge in [-0.3, -0.25) is 4.79 Å². The number of hydrogen-bond donors (Lipinski definition) is 1. The van der Waals surface area contributed by atoms with Crippen molar-refractivity contribution >= 4 is 22.9 Å². The zero-order chi connectivity index (χ0) is 16.1. The lowest BCUT2D eigenvalue weighted by Crippen LogP contribution is -2.35. The number of imidazole rings is 1. The molecule has 4 rings (SSSR count). The molecule has 23 heavy (non-hydrogen) atoms. The van der Waals surface area contributed by atoms with Crippen LogP contribution in [0.15, 0.2) is 36.5 Å². The Balaban J connectivity index is 1.91. The quantitative estimate of drug-likeness (QED) is 0.748. The van der Waals surface area contributed by atoms with Gasteiger partial charge in [-0.1, -0.05) is 0 Å². The molecule has 0 radical (unpaired) electrons. The standard InChI is InChI=1S/C17H16N4O2/c1-10-16(19-17-12(18)4-3-7-21(10)17)11-5-6-14-13(8-11)20(2)15(22)9-23-14/h3-8H,9,18H2,1-2H3. The highest BCUT2D eigenvalue weighted by molar-refractivity contribution is 5.98. The fourth-order valence-corrected chi connectivity index (χ4v) is 2.90. The highest BCUT2D eigenvalue weighted by Gasteiger charge is 2.23. The third kappa shape index (κ3) is 1.95. The summed E-state index contributed by atoms with van der Waals surface area (Å²) >= 11 is 0. The summed E-state index contributed by atoms with van der Waals surface area (Å²) in [7, 11) is 1.75. The van der Waals surface area contributed by atoms with Crippen molar-refractivity contribution in [1.29, 1.82) is 0 Å². The highest BCUT2D eigenvalue weighted by atomic mass is 16.5. The summed E-state index contributed by atoms with van der Waals surface area (Å²) in [6.07, 6.45) is 1.94. The fraction of sp³-hybridized carbons (Fsp3) is 0.176. The van der Waals surface area contributed by atoms with Crippen molar-refractivity contribution in [3.8, 4) is 17.0 Å². The van der Waals surface area contributed by atoms with Gasteiger partial charge in [-0.05, 0) is 37.3 Å². The molecular weight excluding hydrogens is 292 g/mol. The van der Waals surface area contributed by atoms with Crippen molar-refractivity contribution in [1.82, 2.24) is 9.38 Å². The van der Waals surface area contributed by atoms with E-state index in [0.29, 0.717) is 11.4 Å². The molecule has 0 unspecified atom stereocenters.